The topological polar surface area (TPSA) is 51.2 Å². The van der Waals surface area contributed by atoms with Crippen LogP contribution in [0.1, 0.15) is 51.7 Å². The highest BCUT2D eigenvalue weighted by Crippen LogP contribution is 2.40. The zero-order chi connectivity index (χ0) is 15.8. The highest BCUT2D eigenvalue weighted by molar-refractivity contribution is 7.17. The molecule has 0 bridgehead atoms. The third kappa shape index (κ3) is 2.63. The van der Waals surface area contributed by atoms with Crippen LogP contribution in [0.3, 0.4) is 0 Å². The van der Waals surface area contributed by atoms with Gasteiger partial charge in [0.25, 0.3) is 0 Å². The van der Waals surface area contributed by atoms with Gasteiger partial charge in [-0.15, -0.1) is 0 Å². The Morgan fingerprint density at radius 1 is 1.22 bits per heavy atom. The van der Waals surface area contributed by atoms with E-state index in [2.05, 4.69) is 16.4 Å². The Balaban J connectivity index is 1.66. The molecule has 5 heteroatoms. The lowest BCUT2D eigenvalue weighted by molar-refractivity contribution is 0.0532. The molecule has 0 spiro atoms. The van der Waals surface area contributed by atoms with Crippen molar-refractivity contribution in [3.8, 4) is 0 Å². The highest BCUT2D eigenvalue weighted by atomic mass is 32.1. The average Bonchev–Trinajstić information content (AvgIpc) is 3.26. The molecule has 0 saturated carbocycles. The number of carbonyl (C=O) groups is 1. The third-order valence-corrected chi connectivity index (χ3v) is 5.58. The van der Waals surface area contributed by atoms with E-state index in [1.54, 1.807) is 6.20 Å². The molecule has 0 atom stereocenters. The number of hydrogen-bond donors (Lipinski definition) is 1. The lowest BCUT2D eigenvalue weighted by atomic mass is 9.99. The number of carbonyl (C=O) groups excluding carboxylic acids is 1. The van der Waals surface area contributed by atoms with Crippen LogP contribution in [0.2, 0.25) is 0 Å². The van der Waals surface area contributed by atoms with E-state index in [0.29, 0.717) is 11.5 Å². The number of rotatable bonds is 4. The molecule has 0 fully saturated rings. The van der Waals surface area contributed by atoms with Gasteiger partial charge in [-0.3, -0.25) is 0 Å². The third-order valence-electron chi connectivity index (χ3n) is 4.69. The van der Waals surface area contributed by atoms with E-state index in [0.717, 1.165) is 18.0 Å². The molecule has 2 aliphatic carbocycles. The van der Waals surface area contributed by atoms with Gasteiger partial charge in [0.05, 0.1) is 12.8 Å². The van der Waals surface area contributed by atoms with Crippen LogP contribution < -0.4 is 5.32 Å². The van der Waals surface area contributed by atoms with Gasteiger partial charge in [-0.05, 0) is 67.7 Å². The monoisotopic (exact) mass is 328 g/mol. The zero-order valence-corrected chi connectivity index (χ0v) is 14.1. The second-order valence-corrected chi connectivity index (χ2v) is 7.14. The smallest absolute Gasteiger partial charge is 0.350 e. The van der Waals surface area contributed by atoms with Crippen molar-refractivity contribution in [3.05, 3.63) is 39.4 Å². The fourth-order valence-corrected chi connectivity index (χ4v) is 4.42. The summed E-state index contributed by atoms with van der Waals surface area (Å²) < 4.78 is 5.04. The summed E-state index contributed by atoms with van der Waals surface area (Å²) in [5, 5.41) is 4.30. The summed E-state index contributed by atoms with van der Waals surface area (Å²) in [4.78, 5) is 16.7. The van der Waals surface area contributed by atoms with Gasteiger partial charge in [-0.1, -0.05) is 17.4 Å². The summed E-state index contributed by atoms with van der Waals surface area (Å²) >= 11 is 1.37. The van der Waals surface area contributed by atoms with E-state index in [-0.39, 0.29) is 5.97 Å². The number of thiazole rings is 1. The Morgan fingerprint density at radius 2 is 1.91 bits per heavy atom. The quantitative estimate of drug-likeness (QED) is 0.861. The number of aryl methyl sites for hydroxylation is 2. The van der Waals surface area contributed by atoms with Crippen molar-refractivity contribution >= 4 is 28.1 Å². The van der Waals surface area contributed by atoms with Gasteiger partial charge in [0.15, 0.2) is 5.13 Å². The second kappa shape index (κ2) is 5.96. The highest BCUT2D eigenvalue weighted by Gasteiger charge is 2.24. The van der Waals surface area contributed by atoms with Crippen LogP contribution in [0, 0.1) is 0 Å². The van der Waals surface area contributed by atoms with E-state index in [9.17, 15) is 4.79 Å². The first-order valence-corrected chi connectivity index (χ1v) is 9.14. The molecule has 0 aliphatic heterocycles. The van der Waals surface area contributed by atoms with Crippen molar-refractivity contribution in [2.75, 3.05) is 11.9 Å². The molecule has 1 aromatic heterocycles. The molecular weight excluding hydrogens is 308 g/mol. The number of fused-ring (bicyclic) bond motifs is 2. The van der Waals surface area contributed by atoms with Crippen molar-refractivity contribution in [1.82, 2.24) is 4.98 Å². The summed E-state index contributed by atoms with van der Waals surface area (Å²) in [6.07, 6.45) is 8.72. The van der Waals surface area contributed by atoms with Gasteiger partial charge in [0.1, 0.15) is 4.88 Å². The summed E-state index contributed by atoms with van der Waals surface area (Å²) in [5.74, 6) is -0.290. The van der Waals surface area contributed by atoms with Gasteiger partial charge in [-0.25, -0.2) is 9.78 Å². The predicted octanol–water partition coefficient (Wildman–Crippen LogP) is 4.04. The summed E-state index contributed by atoms with van der Waals surface area (Å²) in [7, 11) is 0. The van der Waals surface area contributed by atoms with E-state index < -0.39 is 0 Å². The molecule has 1 aromatic carbocycles. The van der Waals surface area contributed by atoms with E-state index in [1.165, 1.54) is 65.0 Å². The van der Waals surface area contributed by atoms with Gasteiger partial charge in [-0.2, -0.15) is 0 Å². The molecule has 0 unspecified atom stereocenters. The summed E-state index contributed by atoms with van der Waals surface area (Å²) in [5.41, 5.74) is 7.17. The first-order chi connectivity index (χ1) is 11.3. The fourth-order valence-electron chi connectivity index (χ4n) is 3.70. The standard InChI is InChI=1S/C18H20N2O2S/c1-2-22-17(21)15-10-19-18(23-15)20-16-13-7-3-5-11(13)9-12-6-4-8-14(12)16/h9-10H,2-8H2,1H3,(H,19,20). The molecule has 4 rings (SSSR count). The van der Waals surface area contributed by atoms with E-state index in [4.69, 9.17) is 4.74 Å². The van der Waals surface area contributed by atoms with Crippen molar-refractivity contribution in [1.29, 1.82) is 0 Å². The van der Waals surface area contributed by atoms with E-state index >= 15 is 0 Å². The van der Waals surface area contributed by atoms with E-state index in [1.807, 2.05) is 6.92 Å². The number of anilines is 2. The maximum atomic E-state index is 11.8. The molecule has 1 N–H and O–H groups in total. The first kappa shape index (κ1) is 14.7. The largest absolute Gasteiger partial charge is 0.462 e. The molecule has 4 nitrogen and oxygen atoms in total. The summed E-state index contributed by atoms with van der Waals surface area (Å²) in [6, 6.07) is 2.42. The van der Waals surface area contributed by atoms with Crippen LogP contribution in [0.4, 0.5) is 10.8 Å². The number of nitrogens with one attached hydrogen (secondary N) is 1. The minimum atomic E-state index is -0.290. The van der Waals surface area contributed by atoms with Crippen LogP contribution in [-0.2, 0) is 30.4 Å². The van der Waals surface area contributed by atoms with Crippen molar-refractivity contribution in [3.63, 3.8) is 0 Å². The minimum Gasteiger partial charge on any atom is -0.462 e. The Morgan fingerprint density at radius 3 is 2.57 bits per heavy atom. The predicted molar refractivity (Wildman–Crippen MR) is 91.8 cm³/mol. The number of ether oxygens (including phenoxy) is 1. The fraction of sp³-hybridized carbons (Fsp3) is 0.444. The van der Waals surface area contributed by atoms with Gasteiger partial charge in [0.2, 0.25) is 0 Å². The lowest BCUT2D eigenvalue weighted by Crippen LogP contribution is -2.02. The maximum absolute atomic E-state index is 11.8. The lowest BCUT2D eigenvalue weighted by Gasteiger charge is -2.15. The maximum Gasteiger partial charge on any atom is 0.350 e. The Kier molecular flexibility index (Phi) is 3.81. The van der Waals surface area contributed by atoms with Gasteiger partial charge >= 0.3 is 5.97 Å². The molecule has 1 heterocycles. The minimum absolute atomic E-state index is 0.290. The van der Waals surface area contributed by atoms with Gasteiger partial charge in [0, 0.05) is 5.69 Å². The van der Waals surface area contributed by atoms with Crippen molar-refractivity contribution < 1.29 is 9.53 Å². The van der Waals surface area contributed by atoms with Crippen LogP contribution in [0.25, 0.3) is 0 Å². The molecule has 2 aliphatic rings. The molecule has 23 heavy (non-hydrogen) atoms. The Bertz CT molecular complexity index is 734. The molecule has 120 valence electrons. The molecule has 2 aromatic rings. The van der Waals surface area contributed by atoms with Crippen LogP contribution in [0.15, 0.2) is 12.3 Å². The number of esters is 1. The normalized spacial score (nSPS) is 15.3. The molecule has 0 amide bonds. The van der Waals surface area contributed by atoms with Gasteiger partial charge < -0.3 is 10.1 Å². The second-order valence-electron chi connectivity index (χ2n) is 6.11. The number of hydrogen-bond acceptors (Lipinski definition) is 5. The zero-order valence-electron chi connectivity index (χ0n) is 13.3. The summed E-state index contributed by atoms with van der Waals surface area (Å²) in [6.45, 7) is 2.20. The molecule has 0 radical (unpaired) electrons. The molecule has 0 saturated heterocycles. The average molecular weight is 328 g/mol. The van der Waals surface area contributed by atoms with Crippen LogP contribution in [-0.4, -0.2) is 17.6 Å². The number of nitrogens with zero attached hydrogens (tertiary/aromatic N) is 1. The number of aromatic nitrogens is 1. The first-order valence-electron chi connectivity index (χ1n) is 8.32. The van der Waals surface area contributed by atoms with Crippen LogP contribution >= 0.6 is 11.3 Å². The number of benzene rings is 1. The molecular formula is C18H20N2O2S. The van der Waals surface area contributed by atoms with Crippen LogP contribution in [0.5, 0.6) is 0 Å². The Hall–Kier alpha value is -1.88. The Labute approximate surface area is 139 Å². The SMILES string of the molecule is CCOC(=O)c1cnc(Nc2c3c(cc4c2CCC4)CCC3)s1. The van der Waals surface area contributed by atoms with Crippen molar-refractivity contribution in [2.45, 2.75) is 45.4 Å². The van der Waals surface area contributed by atoms with Crippen molar-refractivity contribution in [2.24, 2.45) is 0 Å².